The lowest BCUT2D eigenvalue weighted by molar-refractivity contribution is 0.0517. The number of benzene rings is 1. The van der Waals surface area contributed by atoms with Gasteiger partial charge in [-0.25, -0.2) is 9.89 Å². The molecule has 0 amide bonds. The number of halogens is 2. The number of esters is 1. The Morgan fingerprint density at radius 1 is 1.33 bits per heavy atom. The zero-order valence-electron chi connectivity index (χ0n) is 10.9. The van der Waals surface area contributed by atoms with Crippen LogP contribution < -0.4 is 4.74 Å². The van der Waals surface area contributed by atoms with Crippen LogP contribution in [0.4, 0.5) is 0 Å². The molecule has 0 spiro atoms. The number of H-pyrrole nitrogens is 1. The molecule has 6 nitrogen and oxygen atoms in total. The maximum absolute atomic E-state index is 11.6. The summed E-state index contributed by atoms with van der Waals surface area (Å²) in [7, 11) is 0. The smallest absolute Gasteiger partial charge is 0.359 e. The van der Waals surface area contributed by atoms with E-state index in [9.17, 15) is 9.59 Å². The van der Waals surface area contributed by atoms with Crippen molar-refractivity contribution in [1.29, 1.82) is 0 Å². The molecule has 0 saturated heterocycles. The second-order valence-corrected chi connectivity index (χ2v) is 4.73. The molecule has 0 aliphatic carbocycles. The van der Waals surface area contributed by atoms with E-state index in [0.29, 0.717) is 22.1 Å². The standard InChI is InChI=1S/C13H10Cl2N2O4/c1-2-20-13(19)11-10(6-18)12(17-16-11)21-9-4-7(14)3-8(15)5-9/h3-6H,2H2,1H3,(H,16,17). The monoisotopic (exact) mass is 328 g/mol. The van der Waals surface area contributed by atoms with Crippen LogP contribution in [-0.4, -0.2) is 29.1 Å². The molecule has 2 aromatic rings. The lowest BCUT2D eigenvalue weighted by Crippen LogP contribution is -2.07. The molecule has 0 fully saturated rings. The molecule has 1 N–H and O–H groups in total. The lowest BCUT2D eigenvalue weighted by Gasteiger charge is -2.05. The van der Waals surface area contributed by atoms with Gasteiger partial charge in [-0.2, -0.15) is 5.10 Å². The number of rotatable bonds is 5. The first kappa shape index (κ1) is 15.3. The molecule has 1 aromatic carbocycles. The Kier molecular flexibility index (Phi) is 4.82. The number of carbonyl (C=O) groups is 2. The van der Waals surface area contributed by atoms with Crippen molar-refractivity contribution in [2.75, 3.05) is 6.61 Å². The summed E-state index contributed by atoms with van der Waals surface area (Å²) < 4.78 is 10.2. The van der Waals surface area contributed by atoms with E-state index in [4.69, 9.17) is 32.7 Å². The number of ether oxygens (including phenoxy) is 2. The summed E-state index contributed by atoms with van der Waals surface area (Å²) in [6, 6.07) is 4.55. The maximum Gasteiger partial charge on any atom is 0.359 e. The first-order valence-corrected chi connectivity index (χ1v) is 6.65. The summed E-state index contributed by atoms with van der Waals surface area (Å²) in [6.07, 6.45) is 0.456. The summed E-state index contributed by atoms with van der Waals surface area (Å²) in [4.78, 5) is 22.8. The fraction of sp³-hybridized carbons (Fsp3) is 0.154. The summed E-state index contributed by atoms with van der Waals surface area (Å²) >= 11 is 11.7. The third-order valence-electron chi connectivity index (χ3n) is 2.41. The summed E-state index contributed by atoms with van der Waals surface area (Å²) in [6.45, 7) is 1.82. The summed E-state index contributed by atoms with van der Waals surface area (Å²) in [5.74, 6) is -0.407. The number of nitrogens with zero attached hydrogens (tertiary/aromatic N) is 1. The number of aldehydes is 1. The van der Waals surface area contributed by atoms with Crippen molar-refractivity contribution in [2.45, 2.75) is 6.92 Å². The number of carbonyl (C=O) groups excluding carboxylic acids is 2. The molecular weight excluding hydrogens is 319 g/mol. The van der Waals surface area contributed by atoms with Gasteiger partial charge in [-0.1, -0.05) is 23.2 Å². The quantitative estimate of drug-likeness (QED) is 0.671. The fourth-order valence-corrected chi connectivity index (χ4v) is 2.09. The zero-order chi connectivity index (χ0) is 15.4. The third kappa shape index (κ3) is 3.53. The van der Waals surface area contributed by atoms with E-state index < -0.39 is 5.97 Å². The Hall–Kier alpha value is -2.05. The third-order valence-corrected chi connectivity index (χ3v) is 2.85. The minimum atomic E-state index is -0.713. The second-order valence-electron chi connectivity index (χ2n) is 3.86. The topological polar surface area (TPSA) is 81.3 Å². The average Bonchev–Trinajstić information content (AvgIpc) is 2.80. The number of aromatic nitrogens is 2. The van der Waals surface area contributed by atoms with Crippen LogP contribution in [0.2, 0.25) is 10.0 Å². The normalized spacial score (nSPS) is 10.2. The molecule has 110 valence electrons. The van der Waals surface area contributed by atoms with Crippen molar-refractivity contribution in [3.05, 3.63) is 39.5 Å². The molecule has 0 aliphatic rings. The van der Waals surface area contributed by atoms with E-state index in [0.717, 1.165) is 0 Å². The number of nitrogens with one attached hydrogen (secondary N) is 1. The van der Waals surface area contributed by atoms with Crippen molar-refractivity contribution in [3.8, 4) is 11.6 Å². The van der Waals surface area contributed by atoms with Gasteiger partial charge in [-0.15, -0.1) is 0 Å². The molecule has 0 radical (unpaired) electrons. The Morgan fingerprint density at radius 2 is 2.00 bits per heavy atom. The van der Waals surface area contributed by atoms with Crippen LogP contribution in [0, 0.1) is 0 Å². The predicted molar refractivity (Wildman–Crippen MR) is 76.5 cm³/mol. The first-order chi connectivity index (χ1) is 10.0. The van der Waals surface area contributed by atoms with E-state index in [2.05, 4.69) is 10.2 Å². The summed E-state index contributed by atoms with van der Waals surface area (Å²) in [5.41, 5.74) is -0.181. The molecule has 0 bridgehead atoms. The van der Waals surface area contributed by atoms with Crippen LogP contribution in [0.15, 0.2) is 18.2 Å². The summed E-state index contributed by atoms with van der Waals surface area (Å²) in [5, 5.41) is 6.93. The molecule has 1 aromatic heterocycles. The molecule has 0 atom stereocenters. The van der Waals surface area contributed by atoms with E-state index in [1.807, 2.05) is 0 Å². The van der Waals surface area contributed by atoms with Gasteiger partial charge in [0.05, 0.1) is 6.61 Å². The highest BCUT2D eigenvalue weighted by atomic mass is 35.5. The number of hydrogen-bond acceptors (Lipinski definition) is 5. The fourth-order valence-electron chi connectivity index (χ4n) is 1.58. The van der Waals surface area contributed by atoms with Gasteiger partial charge in [0.15, 0.2) is 12.0 Å². The van der Waals surface area contributed by atoms with Gasteiger partial charge in [0.1, 0.15) is 11.3 Å². The van der Waals surface area contributed by atoms with Gasteiger partial charge in [0.25, 0.3) is 0 Å². The van der Waals surface area contributed by atoms with Crippen molar-refractivity contribution >= 4 is 35.5 Å². The van der Waals surface area contributed by atoms with Gasteiger partial charge in [-0.3, -0.25) is 4.79 Å². The van der Waals surface area contributed by atoms with Gasteiger partial charge < -0.3 is 9.47 Å². The van der Waals surface area contributed by atoms with Gasteiger partial charge >= 0.3 is 5.97 Å². The van der Waals surface area contributed by atoms with E-state index in [1.54, 1.807) is 6.92 Å². The van der Waals surface area contributed by atoms with E-state index in [1.165, 1.54) is 18.2 Å². The second kappa shape index (κ2) is 6.60. The van der Waals surface area contributed by atoms with Crippen molar-refractivity contribution < 1.29 is 19.1 Å². The molecule has 0 aliphatic heterocycles. The maximum atomic E-state index is 11.6. The van der Waals surface area contributed by atoms with Crippen molar-refractivity contribution in [3.63, 3.8) is 0 Å². The van der Waals surface area contributed by atoms with Crippen LogP contribution in [0.5, 0.6) is 11.6 Å². The Balaban J connectivity index is 2.32. The first-order valence-electron chi connectivity index (χ1n) is 5.89. The van der Waals surface area contributed by atoms with Crippen LogP contribution in [-0.2, 0) is 4.74 Å². The van der Waals surface area contributed by atoms with Crippen LogP contribution >= 0.6 is 23.2 Å². The Morgan fingerprint density at radius 3 is 2.57 bits per heavy atom. The van der Waals surface area contributed by atoms with Crippen molar-refractivity contribution in [2.24, 2.45) is 0 Å². The largest absolute Gasteiger partial charge is 0.461 e. The molecule has 1 heterocycles. The van der Waals surface area contributed by atoms with Gasteiger partial charge in [-0.05, 0) is 25.1 Å². The van der Waals surface area contributed by atoms with Crippen molar-refractivity contribution in [1.82, 2.24) is 10.2 Å². The van der Waals surface area contributed by atoms with E-state index in [-0.39, 0.29) is 23.7 Å². The lowest BCUT2D eigenvalue weighted by atomic mass is 10.2. The molecule has 0 unspecified atom stereocenters. The molecule has 2 rings (SSSR count). The highest BCUT2D eigenvalue weighted by Gasteiger charge is 2.21. The highest BCUT2D eigenvalue weighted by molar-refractivity contribution is 6.34. The SMILES string of the molecule is CCOC(=O)c1n[nH]c(Oc2cc(Cl)cc(Cl)c2)c1C=O. The Bertz CT molecular complexity index is 665. The predicted octanol–water partition coefficient (Wildman–Crippen LogP) is 3.50. The highest BCUT2D eigenvalue weighted by Crippen LogP contribution is 2.29. The number of aromatic amines is 1. The van der Waals surface area contributed by atoms with E-state index >= 15 is 0 Å². The van der Waals surface area contributed by atoms with Crippen LogP contribution in [0.3, 0.4) is 0 Å². The van der Waals surface area contributed by atoms with Gasteiger partial charge in [0.2, 0.25) is 5.88 Å². The van der Waals surface area contributed by atoms with Crippen LogP contribution in [0.1, 0.15) is 27.8 Å². The molecular formula is C13H10Cl2N2O4. The number of hydrogen-bond donors (Lipinski definition) is 1. The molecule has 0 saturated carbocycles. The average molecular weight is 329 g/mol. The Labute approximate surface area is 130 Å². The van der Waals surface area contributed by atoms with Gasteiger partial charge in [0, 0.05) is 10.0 Å². The van der Waals surface area contributed by atoms with Crippen LogP contribution in [0.25, 0.3) is 0 Å². The molecule has 21 heavy (non-hydrogen) atoms. The minimum absolute atomic E-state index is 0.00591. The zero-order valence-corrected chi connectivity index (χ0v) is 12.4. The minimum Gasteiger partial charge on any atom is -0.461 e. The molecule has 8 heteroatoms.